The molecule has 15 rings (SSSR count). The number of rotatable bonds is 12. The number of pyridine rings is 2. The first-order valence-electron chi connectivity index (χ1n) is 32.8. The lowest BCUT2D eigenvalue weighted by Crippen LogP contribution is -2.44. The Morgan fingerprint density at radius 2 is 0.809 bits per heavy atom. The van der Waals surface area contributed by atoms with Gasteiger partial charge in [-0.2, -0.15) is 0 Å². The minimum Gasteiger partial charge on any atom is -0.378 e. The fourth-order valence-electron chi connectivity index (χ4n) is 14.7. The van der Waals surface area contributed by atoms with Crippen LogP contribution in [0.2, 0.25) is 0 Å². The molecule has 0 radical (unpaired) electrons. The molecule has 3 atom stereocenters. The van der Waals surface area contributed by atoms with E-state index in [1.54, 1.807) is 0 Å². The highest BCUT2D eigenvalue weighted by molar-refractivity contribution is 5.90. The van der Waals surface area contributed by atoms with Crippen molar-refractivity contribution < 1.29 is 4.74 Å². The zero-order valence-electron chi connectivity index (χ0n) is 53.9. The number of hydrogen-bond acceptors (Lipinski definition) is 14. The lowest BCUT2D eigenvalue weighted by atomic mass is 9.91. The molecule has 468 valence electrons. The number of aryl methyl sites for hydroxylation is 3. The number of fused-ring (bicyclic) bond motifs is 9. The van der Waals surface area contributed by atoms with Crippen molar-refractivity contribution in [3.8, 4) is 0 Å². The maximum Gasteiger partial charge on any atom is 0.142 e. The van der Waals surface area contributed by atoms with Crippen LogP contribution in [-0.4, -0.2) is 165 Å². The molecule has 6 aliphatic rings. The molecule has 3 fully saturated rings. The lowest BCUT2D eigenvalue weighted by Gasteiger charge is -2.34. The molecule has 4 aromatic carbocycles. The van der Waals surface area contributed by atoms with Crippen molar-refractivity contribution in [3.63, 3.8) is 0 Å². The Bertz CT molecular complexity index is 3900. The molecule has 0 spiro atoms. The first kappa shape index (κ1) is 60.3. The second-order valence-corrected chi connectivity index (χ2v) is 25.7. The summed E-state index contributed by atoms with van der Waals surface area (Å²) in [5.74, 6) is 1.79. The number of nitrogens with one attached hydrogen (secondary N) is 6. The normalized spacial score (nSPS) is 19.7. The largest absolute Gasteiger partial charge is 0.378 e. The van der Waals surface area contributed by atoms with Gasteiger partial charge in [0.1, 0.15) is 22.9 Å². The summed E-state index contributed by atoms with van der Waals surface area (Å²) in [5.41, 5.74) is 20.6. The monoisotopic (exact) mass is 1200 g/mol. The molecule has 0 bridgehead atoms. The number of nitrogens with zero attached hydrogens (tertiary/aromatic N) is 10. The van der Waals surface area contributed by atoms with Gasteiger partial charge < -0.3 is 74.8 Å². The van der Waals surface area contributed by atoms with Crippen LogP contribution in [0, 0.1) is 0 Å². The first-order chi connectivity index (χ1) is 43.5. The van der Waals surface area contributed by atoms with Gasteiger partial charge in [-0.05, 0) is 207 Å². The van der Waals surface area contributed by atoms with E-state index in [9.17, 15) is 0 Å². The quantitative estimate of drug-likeness (QED) is 0.0692. The molecular weight excluding hydrogens is 1100 g/mol. The fraction of sp³-hybridized carbons (Fsp3) is 0.444. The highest BCUT2D eigenvalue weighted by Crippen LogP contribution is 2.37. The van der Waals surface area contributed by atoms with E-state index in [4.69, 9.17) is 14.7 Å². The van der Waals surface area contributed by atoms with Gasteiger partial charge >= 0.3 is 0 Å². The molecule has 3 unspecified atom stereocenters. The molecule has 17 nitrogen and oxygen atoms in total. The van der Waals surface area contributed by atoms with Crippen LogP contribution in [0.25, 0.3) is 33.0 Å². The minimum absolute atomic E-state index is 0.564. The smallest absolute Gasteiger partial charge is 0.142 e. The number of benzene rings is 4. The van der Waals surface area contributed by atoms with Crippen LogP contribution in [-0.2, 0) is 64.4 Å². The van der Waals surface area contributed by atoms with Gasteiger partial charge in [0.05, 0.1) is 18.7 Å². The second-order valence-electron chi connectivity index (χ2n) is 25.7. The summed E-state index contributed by atoms with van der Waals surface area (Å²) in [6.45, 7) is 12.3. The zero-order chi connectivity index (χ0) is 61.1. The van der Waals surface area contributed by atoms with Crippen LogP contribution >= 0.6 is 0 Å². The van der Waals surface area contributed by atoms with Gasteiger partial charge in [-0.3, -0.25) is 0 Å². The summed E-state index contributed by atoms with van der Waals surface area (Å²) in [5, 5.41) is 25.0. The number of likely N-dealkylation sites (N-methyl/N-ethyl adjacent to an activating group) is 5. The molecule has 17 heteroatoms. The fourth-order valence-corrected chi connectivity index (χ4v) is 14.7. The van der Waals surface area contributed by atoms with Gasteiger partial charge in [0.15, 0.2) is 0 Å². The molecule has 8 heterocycles. The first-order valence-corrected chi connectivity index (χ1v) is 32.8. The summed E-state index contributed by atoms with van der Waals surface area (Å²) in [7, 11) is 17.1. The van der Waals surface area contributed by atoms with E-state index in [1.165, 1.54) is 91.8 Å². The predicted octanol–water partition coefficient (Wildman–Crippen LogP) is 10.1. The Morgan fingerprint density at radius 3 is 1.31 bits per heavy atom. The van der Waals surface area contributed by atoms with E-state index in [1.807, 2.05) is 0 Å². The van der Waals surface area contributed by atoms with Crippen LogP contribution in [0.5, 0.6) is 0 Å². The summed E-state index contributed by atoms with van der Waals surface area (Å²) < 4.78 is 12.5. The van der Waals surface area contributed by atoms with Gasteiger partial charge in [-0.25, -0.2) is 9.97 Å². The zero-order valence-corrected chi connectivity index (χ0v) is 53.9. The highest BCUT2D eigenvalue weighted by Gasteiger charge is 2.28. The number of morpholine rings is 1. The summed E-state index contributed by atoms with van der Waals surface area (Å²) in [6, 6.07) is 43.4. The van der Waals surface area contributed by atoms with Crippen LogP contribution in [0.1, 0.15) is 53.0 Å². The van der Waals surface area contributed by atoms with Crippen molar-refractivity contribution in [1.29, 1.82) is 0 Å². The Labute approximate surface area is 526 Å². The van der Waals surface area contributed by atoms with Gasteiger partial charge in [0.25, 0.3) is 0 Å². The SMILES string of the molecule is CNC1CCc2c(c3ccc(Nc4ccc(N5CCN(C)CC5)cc4)nc3n2C)C1.CNC1CCc2c(c3ccc(Nc4cccc(N5CCN(C)CC5)c4)cc3n2C)C1.CNC1CCc2c(c3ccc(Nc4cccc(N5CCOCC5)c4)nc3n2C)C1. The van der Waals surface area contributed by atoms with Gasteiger partial charge in [-0.15, -0.1) is 0 Å². The molecule has 6 N–H and O–H groups in total. The molecule has 0 saturated carbocycles. The topological polar surface area (TPSA) is 138 Å². The van der Waals surface area contributed by atoms with Gasteiger partial charge in [0.2, 0.25) is 0 Å². The number of ether oxygens (including phenoxy) is 1. The van der Waals surface area contributed by atoms with E-state index in [2.05, 4.69) is 242 Å². The van der Waals surface area contributed by atoms with Crippen molar-refractivity contribution in [2.45, 2.75) is 75.9 Å². The van der Waals surface area contributed by atoms with Crippen molar-refractivity contribution in [1.82, 2.24) is 49.4 Å². The lowest BCUT2D eigenvalue weighted by molar-refractivity contribution is 0.122. The Kier molecular flexibility index (Phi) is 18.2. The second kappa shape index (κ2) is 26.8. The van der Waals surface area contributed by atoms with Crippen LogP contribution in [0.3, 0.4) is 0 Å². The maximum absolute atomic E-state index is 5.47. The van der Waals surface area contributed by atoms with Crippen LogP contribution in [0.15, 0.2) is 115 Å². The number of hydrogen-bond donors (Lipinski definition) is 6. The molecule has 3 aliphatic carbocycles. The summed E-state index contributed by atoms with van der Waals surface area (Å²) >= 11 is 0. The standard InChI is InChI=1S/C25H33N5.C24H32N6.C23H29N5O/c1-26-18-8-10-24-23(16-18)22-9-7-20(17-25(22)29(24)3)27-19-5-4-6-21(15-19)30-13-11-28(2)12-14-30;1-25-18-6-10-22-21(16-18)20-9-11-23(27-24(20)29(22)3)26-17-4-7-19(8-5-17)30-14-12-28(2)13-15-30;1-24-16-6-8-21-20(15-16)19-7-9-22(26-23(19)27(21)2)25-17-4-3-5-18(14-17)28-10-12-29-13-11-28/h4-7,9,15,17-18,26-27H,8,10-14,16H2,1-3H3;4-5,7-9,11,18,25H,6,10,12-16H2,1-3H3,(H,26,27);3-5,7,9,14,16,24H,6,8,10-13,15H2,1-2H3,(H,25,26). The van der Waals surface area contributed by atoms with Crippen LogP contribution in [0.4, 0.5) is 51.4 Å². The van der Waals surface area contributed by atoms with E-state index in [0.717, 1.165) is 163 Å². The van der Waals surface area contributed by atoms with Crippen molar-refractivity contribution in [3.05, 3.63) is 149 Å². The van der Waals surface area contributed by atoms with Crippen LogP contribution < -0.4 is 46.6 Å². The maximum atomic E-state index is 5.47. The van der Waals surface area contributed by atoms with Gasteiger partial charge in [0, 0.05) is 178 Å². The van der Waals surface area contributed by atoms with Crippen molar-refractivity contribution >= 4 is 84.4 Å². The molecule has 9 aromatic rings. The molecule has 89 heavy (non-hydrogen) atoms. The van der Waals surface area contributed by atoms with E-state index < -0.39 is 0 Å². The molecule has 3 aliphatic heterocycles. The summed E-state index contributed by atoms with van der Waals surface area (Å²) in [4.78, 5) is 22.0. The number of piperazine rings is 2. The van der Waals surface area contributed by atoms with E-state index in [0.29, 0.717) is 18.1 Å². The minimum atomic E-state index is 0.564. The average molecular weight is 1200 g/mol. The average Bonchev–Trinajstić information content (AvgIpc) is 1.72. The summed E-state index contributed by atoms with van der Waals surface area (Å²) in [6.07, 6.45) is 10.3. The third-order valence-electron chi connectivity index (χ3n) is 20.3. The highest BCUT2D eigenvalue weighted by atomic mass is 16.5. The van der Waals surface area contributed by atoms with E-state index >= 15 is 0 Å². The third kappa shape index (κ3) is 13.1. The number of aromatic nitrogens is 5. The molecule has 3 saturated heterocycles. The molecular formula is C72H94N16O. The van der Waals surface area contributed by atoms with Gasteiger partial charge in [-0.1, -0.05) is 18.2 Å². The molecule has 5 aromatic heterocycles. The Morgan fingerprint density at radius 1 is 0.393 bits per heavy atom. The number of anilines is 9. The van der Waals surface area contributed by atoms with Crippen molar-refractivity contribution in [2.75, 3.05) is 145 Å². The Hall–Kier alpha value is -7.64. The predicted molar refractivity (Wildman–Crippen MR) is 371 cm³/mol. The molecule has 0 amide bonds. The van der Waals surface area contributed by atoms with E-state index in [-0.39, 0.29) is 0 Å². The third-order valence-corrected chi connectivity index (χ3v) is 20.3. The van der Waals surface area contributed by atoms with Crippen molar-refractivity contribution in [2.24, 2.45) is 21.1 Å². The Balaban J connectivity index is 0.000000123.